The van der Waals surface area contributed by atoms with E-state index in [1.165, 1.54) is 0 Å². The lowest BCUT2D eigenvalue weighted by Gasteiger charge is -2.14. The molecule has 0 unspecified atom stereocenters. The van der Waals surface area contributed by atoms with Crippen molar-refractivity contribution in [3.05, 3.63) is 35.6 Å². The van der Waals surface area contributed by atoms with Crippen molar-refractivity contribution in [2.75, 3.05) is 6.54 Å². The van der Waals surface area contributed by atoms with Gasteiger partial charge in [0, 0.05) is 12.7 Å². The Labute approximate surface area is 83.8 Å². The number of nitrogens with one attached hydrogen (secondary N) is 1. The summed E-state index contributed by atoms with van der Waals surface area (Å²) in [5.74, 6) is -0.863. The molecule has 1 rings (SSSR count). The first-order chi connectivity index (χ1) is 6.75. The van der Waals surface area contributed by atoms with Crippen molar-refractivity contribution in [3.8, 4) is 0 Å². The van der Waals surface area contributed by atoms with Crippen LogP contribution in [0.15, 0.2) is 35.6 Å². The van der Waals surface area contributed by atoms with Crippen LogP contribution in [0.2, 0.25) is 0 Å². The van der Waals surface area contributed by atoms with Crippen LogP contribution >= 0.6 is 0 Å². The van der Waals surface area contributed by atoms with Crippen LogP contribution in [0, 0.1) is 0 Å². The lowest BCUT2D eigenvalue weighted by molar-refractivity contribution is -0.132. The number of allylic oxidation sites excluding steroid dienone is 3. The Bertz CT molecular complexity index is 300. The molecule has 0 saturated heterocycles. The molecule has 0 aromatic rings. The normalized spacial score (nSPS) is 17.8. The topological polar surface area (TPSA) is 49.3 Å². The van der Waals surface area contributed by atoms with Gasteiger partial charge in [-0.1, -0.05) is 12.2 Å². The number of aliphatic carboxylic acids is 1. The minimum atomic E-state index is -0.863. The van der Waals surface area contributed by atoms with Gasteiger partial charge < -0.3 is 10.4 Å². The molecule has 0 radical (unpaired) electrons. The predicted octanol–water partition coefficient (Wildman–Crippen LogP) is 1.84. The molecule has 0 atom stereocenters. The second-order valence-corrected chi connectivity index (χ2v) is 3.14. The van der Waals surface area contributed by atoms with Crippen molar-refractivity contribution < 1.29 is 9.90 Å². The second-order valence-electron chi connectivity index (χ2n) is 3.14. The molecule has 1 aliphatic heterocycles. The van der Waals surface area contributed by atoms with E-state index in [-0.39, 0.29) is 0 Å². The van der Waals surface area contributed by atoms with Crippen LogP contribution in [0.5, 0.6) is 0 Å². The highest BCUT2D eigenvalue weighted by molar-refractivity contribution is 5.92. The largest absolute Gasteiger partial charge is 0.478 e. The lowest BCUT2D eigenvalue weighted by atomic mass is 10.00. The summed E-state index contributed by atoms with van der Waals surface area (Å²) in [7, 11) is 0. The minimum Gasteiger partial charge on any atom is -0.478 e. The summed E-state index contributed by atoms with van der Waals surface area (Å²) in [5, 5.41) is 12.0. The van der Waals surface area contributed by atoms with Gasteiger partial charge in [0.1, 0.15) is 0 Å². The molecule has 76 valence electrons. The van der Waals surface area contributed by atoms with Crippen molar-refractivity contribution in [1.29, 1.82) is 0 Å². The number of hydrogen-bond acceptors (Lipinski definition) is 2. The standard InChI is InChI=1S/C11H15NO2/c1-2-3-6-10(11(13)14)9-5-4-7-12-8-9/h2-3,6,8,12H,4-5,7H2,1H3,(H,13,14)/b3-2+,10-6+. The van der Waals surface area contributed by atoms with Crippen LogP contribution in [0.4, 0.5) is 0 Å². The molecule has 3 nitrogen and oxygen atoms in total. The van der Waals surface area contributed by atoms with E-state index < -0.39 is 5.97 Å². The van der Waals surface area contributed by atoms with Crippen molar-refractivity contribution in [1.82, 2.24) is 5.32 Å². The van der Waals surface area contributed by atoms with Gasteiger partial charge in [-0.2, -0.15) is 0 Å². The van der Waals surface area contributed by atoms with Crippen LogP contribution in [-0.2, 0) is 4.79 Å². The first-order valence-electron chi connectivity index (χ1n) is 4.74. The van der Waals surface area contributed by atoms with Crippen LogP contribution in [-0.4, -0.2) is 17.6 Å². The summed E-state index contributed by atoms with van der Waals surface area (Å²) < 4.78 is 0. The first-order valence-corrected chi connectivity index (χ1v) is 4.74. The maximum absolute atomic E-state index is 10.9. The third-order valence-corrected chi connectivity index (χ3v) is 2.08. The van der Waals surface area contributed by atoms with Gasteiger partial charge in [0.2, 0.25) is 0 Å². The summed E-state index contributed by atoms with van der Waals surface area (Å²) in [6.07, 6.45) is 8.84. The van der Waals surface area contributed by atoms with Gasteiger partial charge in [-0.3, -0.25) is 0 Å². The molecule has 0 fully saturated rings. The fraction of sp³-hybridized carbons (Fsp3) is 0.364. The van der Waals surface area contributed by atoms with E-state index in [2.05, 4.69) is 5.32 Å². The van der Waals surface area contributed by atoms with Crippen molar-refractivity contribution >= 4 is 5.97 Å². The highest BCUT2D eigenvalue weighted by atomic mass is 16.4. The molecule has 0 aromatic carbocycles. The maximum Gasteiger partial charge on any atom is 0.336 e. The molecular weight excluding hydrogens is 178 g/mol. The Balaban J connectivity index is 2.87. The summed E-state index contributed by atoms with van der Waals surface area (Å²) in [6.45, 7) is 2.80. The Morgan fingerprint density at radius 2 is 2.43 bits per heavy atom. The Morgan fingerprint density at radius 3 is 2.93 bits per heavy atom. The quantitative estimate of drug-likeness (QED) is 0.531. The number of carboxylic acids is 1. The van der Waals surface area contributed by atoms with Gasteiger partial charge in [-0.25, -0.2) is 4.79 Å². The number of carboxylic acid groups (broad SMARTS) is 1. The number of carbonyl (C=O) groups is 1. The molecule has 0 aromatic heterocycles. The molecule has 0 spiro atoms. The molecule has 0 bridgehead atoms. The average molecular weight is 193 g/mol. The van der Waals surface area contributed by atoms with E-state index in [1.807, 2.05) is 13.0 Å². The number of hydrogen-bond donors (Lipinski definition) is 2. The van der Waals surface area contributed by atoms with E-state index in [0.717, 1.165) is 25.0 Å². The molecule has 0 aliphatic carbocycles. The Morgan fingerprint density at radius 1 is 1.64 bits per heavy atom. The zero-order valence-corrected chi connectivity index (χ0v) is 8.29. The van der Waals surface area contributed by atoms with E-state index in [9.17, 15) is 4.79 Å². The van der Waals surface area contributed by atoms with Gasteiger partial charge in [0.15, 0.2) is 0 Å². The van der Waals surface area contributed by atoms with Gasteiger partial charge >= 0.3 is 5.97 Å². The fourth-order valence-corrected chi connectivity index (χ4v) is 1.37. The highest BCUT2D eigenvalue weighted by Crippen LogP contribution is 2.18. The third kappa shape index (κ3) is 2.76. The molecule has 0 saturated carbocycles. The summed E-state index contributed by atoms with van der Waals surface area (Å²) >= 11 is 0. The highest BCUT2D eigenvalue weighted by Gasteiger charge is 2.13. The molecule has 1 heterocycles. The van der Waals surface area contributed by atoms with Gasteiger partial charge in [0.05, 0.1) is 5.57 Å². The van der Waals surface area contributed by atoms with Gasteiger partial charge in [0.25, 0.3) is 0 Å². The van der Waals surface area contributed by atoms with Crippen LogP contribution in [0.25, 0.3) is 0 Å². The van der Waals surface area contributed by atoms with Crippen molar-refractivity contribution in [2.45, 2.75) is 19.8 Å². The van der Waals surface area contributed by atoms with Crippen molar-refractivity contribution in [3.63, 3.8) is 0 Å². The Kier molecular flexibility index (Phi) is 3.98. The van der Waals surface area contributed by atoms with E-state index >= 15 is 0 Å². The molecule has 14 heavy (non-hydrogen) atoms. The second kappa shape index (κ2) is 5.27. The van der Waals surface area contributed by atoms with Crippen molar-refractivity contribution in [2.24, 2.45) is 0 Å². The van der Waals surface area contributed by atoms with Gasteiger partial charge in [-0.15, -0.1) is 0 Å². The SMILES string of the molecule is C/C=C/C=C(/C(=O)O)C1=CNCCC1. The smallest absolute Gasteiger partial charge is 0.336 e. The van der Waals surface area contributed by atoms with Gasteiger partial charge in [-0.05, 0) is 31.4 Å². The average Bonchev–Trinajstić information content (AvgIpc) is 2.19. The summed E-state index contributed by atoms with van der Waals surface area (Å²) in [5.41, 5.74) is 1.26. The fourth-order valence-electron chi connectivity index (χ4n) is 1.37. The van der Waals surface area contributed by atoms with E-state index in [4.69, 9.17) is 5.11 Å². The molecule has 2 N–H and O–H groups in total. The molecule has 3 heteroatoms. The molecule has 1 aliphatic rings. The number of rotatable bonds is 3. The maximum atomic E-state index is 10.9. The van der Waals surface area contributed by atoms with Crippen LogP contribution in [0.1, 0.15) is 19.8 Å². The predicted molar refractivity (Wildman–Crippen MR) is 55.9 cm³/mol. The monoisotopic (exact) mass is 193 g/mol. The minimum absolute atomic E-state index is 0.385. The van der Waals surface area contributed by atoms with E-state index in [1.54, 1.807) is 18.4 Å². The summed E-state index contributed by atoms with van der Waals surface area (Å²) in [4.78, 5) is 10.9. The zero-order valence-electron chi connectivity index (χ0n) is 8.29. The third-order valence-electron chi connectivity index (χ3n) is 2.08. The molecule has 0 amide bonds. The summed E-state index contributed by atoms with van der Waals surface area (Å²) in [6, 6.07) is 0. The van der Waals surface area contributed by atoms with Crippen LogP contribution < -0.4 is 5.32 Å². The lowest BCUT2D eigenvalue weighted by Crippen LogP contribution is -2.17. The first kappa shape index (κ1) is 10.6. The zero-order chi connectivity index (χ0) is 10.4. The Hall–Kier alpha value is -1.51. The molecular formula is C11H15NO2. The van der Waals surface area contributed by atoms with Crippen LogP contribution in [0.3, 0.4) is 0 Å². The van der Waals surface area contributed by atoms with E-state index in [0.29, 0.717) is 5.57 Å².